The molecular formula is C16H20O. The van der Waals surface area contributed by atoms with Crippen molar-refractivity contribution in [2.24, 2.45) is 0 Å². The third-order valence-electron chi connectivity index (χ3n) is 2.90. The first-order chi connectivity index (χ1) is 8.15. The van der Waals surface area contributed by atoms with Crippen LogP contribution in [0.15, 0.2) is 48.5 Å². The molecule has 17 heavy (non-hydrogen) atoms. The number of aryl methyl sites for hydroxylation is 2. The van der Waals surface area contributed by atoms with Crippen LogP contribution >= 0.6 is 0 Å². The lowest BCUT2D eigenvalue weighted by molar-refractivity contribution is 0.282. The Morgan fingerprint density at radius 2 is 1.29 bits per heavy atom. The van der Waals surface area contributed by atoms with E-state index in [4.69, 9.17) is 5.11 Å². The molecule has 1 N–H and O–H groups in total. The van der Waals surface area contributed by atoms with Crippen LogP contribution in [0.3, 0.4) is 0 Å². The van der Waals surface area contributed by atoms with Gasteiger partial charge in [-0.1, -0.05) is 48.5 Å². The minimum absolute atomic E-state index is 0.140. The largest absolute Gasteiger partial charge is 0.392 e. The van der Waals surface area contributed by atoms with Crippen molar-refractivity contribution in [3.05, 3.63) is 70.8 Å². The SMILES string of the molecule is Cc1cccc(C)c1C.OCc1ccccc1. The summed E-state index contributed by atoms with van der Waals surface area (Å²) in [6.07, 6.45) is 0. The fourth-order valence-electron chi connectivity index (χ4n) is 1.48. The van der Waals surface area contributed by atoms with Gasteiger partial charge in [0.1, 0.15) is 0 Å². The Bertz CT molecular complexity index is 426. The molecule has 2 rings (SSSR count). The maximum Gasteiger partial charge on any atom is 0.0681 e. The second-order valence-electron chi connectivity index (χ2n) is 4.16. The zero-order valence-electron chi connectivity index (χ0n) is 10.8. The zero-order chi connectivity index (χ0) is 12.7. The summed E-state index contributed by atoms with van der Waals surface area (Å²) in [5, 5.41) is 8.54. The topological polar surface area (TPSA) is 20.2 Å². The van der Waals surface area contributed by atoms with Crippen molar-refractivity contribution in [2.45, 2.75) is 27.4 Å². The van der Waals surface area contributed by atoms with Crippen LogP contribution in [0.25, 0.3) is 0 Å². The van der Waals surface area contributed by atoms with Crippen LogP contribution in [0.4, 0.5) is 0 Å². The Morgan fingerprint density at radius 1 is 0.765 bits per heavy atom. The van der Waals surface area contributed by atoms with Gasteiger partial charge >= 0.3 is 0 Å². The average Bonchev–Trinajstić information content (AvgIpc) is 2.37. The minimum Gasteiger partial charge on any atom is -0.392 e. The van der Waals surface area contributed by atoms with E-state index in [1.807, 2.05) is 30.3 Å². The van der Waals surface area contributed by atoms with Crippen molar-refractivity contribution in [3.63, 3.8) is 0 Å². The molecule has 0 bridgehead atoms. The normalized spacial score (nSPS) is 9.41. The molecule has 1 nitrogen and oxygen atoms in total. The quantitative estimate of drug-likeness (QED) is 0.787. The van der Waals surface area contributed by atoms with Gasteiger partial charge in [-0.25, -0.2) is 0 Å². The molecule has 0 heterocycles. The fraction of sp³-hybridized carbons (Fsp3) is 0.250. The van der Waals surface area contributed by atoms with Crippen molar-refractivity contribution in [2.75, 3.05) is 0 Å². The molecule has 1 heteroatoms. The van der Waals surface area contributed by atoms with E-state index >= 15 is 0 Å². The Kier molecular flexibility index (Phi) is 5.44. The summed E-state index contributed by atoms with van der Waals surface area (Å²) in [6.45, 7) is 6.58. The summed E-state index contributed by atoms with van der Waals surface area (Å²) in [6, 6.07) is 15.9. The van der Waals surface area contributed by atoms with Crippen LogP contribution in [0.5, 0.6) is 0 Å². The molecule has 90 valence electrons. The smallest absolute Gasteiger partial charge is 0.0681 e. The van der Waals surface area contributed by atoms with Crippen LogP contribution in [0.1, 0.15) is 22.3 Å². The molecule has 0 aromatic heterocycles. The lowest BCUT2D eigenvalue weighted by Gasteiger charge is -2.00. The van der Waals surface area contributed by atoms with E-state index in [9.17, 15) is 0 Å². The molecule has 0 fully saturated rings. The molecule has 0 aliphatic heterocycles. The minimum atomic E-state index is 0.140. The molecule has 0 unspecified atom stereocenters. The molecule has 0 saturated heterocycles. The third-order valence-corrected chi connectivity index (χ3v) is 2.90. The van der Waals surface area contributed by atoms with E-state index in [0.717, 1.165) is 5.56 Å². The fourth-order valence-corrected chi connectivity index (χ4v) is 1.48. The number of aliphatic hydroxyl groups is 1. The Labute approximate surface area is 104 Å². The van der Waals surface area contributed by atoms with E-state index in [1.165, 1.54) is 16.7 Å². The van der Waals surface area contributed by atoms with Gasteiger partial charge in [0.2, 0.25) is 0 Å². The van der Waals surface area contributed by atoms with Crippen LogP contribution < -0.4 is 0 Å². The monoisotopic (exact) mass is 228 g/mol. The predicted molar refractivity (Wildman–Crippen MR) is 73.0 cm³/mol. The molecule has 0 saturated carbocycles. The summed E-state index contributed by atoms with van der Waals surface area (Å²) < 4.78 is 0. The van der Waals surface area contributed by atoms with Crippen LogP contribution in [-0.4, -0.2) is 5.11 Å². The van der Waals surface area contributed by atoms with Gasteiger partial charge in [-0.15, -0.1) is 0 Å². The van der Waals surface area contributed by atoms with Gasteiger partial charge in [-0.05, 0) is 43.0 Å². The lowest BCUT2D eigenvalue weighted by Crippen LogP contribution is -1.82. The number of aliphatic hydroxyl groups excluding tert-OH is 1. The second-order valence-corrected chi connectivity index (χ2v) is 4.16. The molecular weight excluding hydrogens is 208 g/mol. The molecule has 2 aromatic rings. The molecule has 2 aromatic carbocycles. The van der Waals surface area contributed by atoms with Gasteiger partial charge in [0.25, 0.3) is 0 Å². The third kappa shape index (κ3) is 4.41. The first kappa shape index (κ1) is 13.5. The van der Waals surface area contributed by atoms with Gasteiger partial charge in [-0.3, -0.25) is 0 Å². The van der Waals surface area contributed by atoms with Crippen LogP contribution in [0.2, 0.25) is 0 Å². The maximum absolute atomic E-state index is 8.54. The van der Waals surface area contributed by atoms with Crippen molar-refractivity contribution < 1.29 is 5.11 Å². The zero-order valence-corrected chi connectivity index (χ0v) is 10.8. The summed E-state index contributed by atoms with van der Waals surface area (Å²) in [7, 11) is 0. The molecule has 0 atom stereocenters. The standard InChI is InChI=1S/C9H12.C7H8O/c1-7-5-4-6-8(2)9(7)3;8-6-7-4-2-1-3-5-7/h4-6H,1-3H3;1-5,8H,6H2. The van der Waals surface area contributed by atoms with Crippen molar-refractivity contribution in [1.29, 1.82) is 0 Å². The molecule has 0 aliphatic rings. The lowest BCUT2D eigenvalue weighted by atomic mass is 10.1. The van der Waals surface area contributed by atoms with E-state index in [2.05, 4.69) is 39.0 Å². The van der Waals surface area contributed by atoms with Gasteiger partial charge in [-0.2, -0.15) is 0 Å². The number of hydrogen-bond acceptors (Lipinski definition) is 1. The summed E-state index contributed by atoms with van der Waals surface area (Å²) in [5.74, 6) is 0. The molecule has 0 aliphatic carbocycles. The van der Waals surface area contributed by atoms with Crippen LogP contribution in [-0.2, 0) is 6.61 Å². The van der Waals surface area contributed by atoms with Crippen molar-refractivity contribution in [3.8, 4) is 0 Å². The second kappa shape index (κ2) is 6.87. The Morgan fingerprint density at radius 3 is 1.65 bits per heavy atom. The van der Waals surface area contributed by atoms with Gasteiger partial charge < -0.3 is 5.11 Å². The summed E-state index contributed by atoms with van der Waals surface area (Å²) in [4.78, 5) is 0. The highest BCUT2D eigenvalue weighted by Gasteiger charge is 1.91. The van der Waals surface area contributed by atoms with E-state index in [0.29, 0.717) is 0 Å². The highest BCUT2D eigenvalue weighted by molar-refractivity contribution is 5.31. The van der Waals surface area contributed by atoms with Crippen LogP contribution in [0, 0.1) is 20.8 Å². The maximum atomic E-state index is 8.54. The van der Waals surface area contributed by atoms with E-state index in [-0.39, 0.29) is 6.61 Å². The molecule has 0 spiro atoms. The predicted octanol–water partition coefficient (Wildman–Crippen LogP) is 3.79. The number of rotatable bonds is 1. The van der Waals surface area contributed by atoms with E-state index in [1.54, 1.807) is 0 Å². The first-order valence-corrected chi connectivity index (χ1v) is 5.82. The number of benzene rings is 2. The summed E-state index contributed by atoms with van der Waals surface area (Å²) >= 11 is 0. The number of hydrogen-bond donors (Lipinski definition) is 1. The van der Waals surface area contributed by atoms with Crippen molar-refractivity contribution in [1.82, 2.24) is 0 Å². The van der Waals surface area contributed by atoms with Gasteiger partial charge in [0.05, 0.1) is 6.61 Å². The summed E-state index contributed by atoms with van der Waals surface area (Å²) in [5.41, 5.74) is 5.15. The highest BCUT2D eigenvalue weighted by atomic mass is 16.3. The van der Waals surface area contributed by atoms with Crippen molar-refractivity contribution >= 4 is 0 Å². The average molecular weight is 228 g/mol. The Balaban J connectivity index is 0.000000171. The van der Waals surface area contributed by atoms with Gasteiger partial charge in [0, 0.05) is 0 Å². The molecule has 0 amide bonds. The molecule has 0 radical (unpaired) electrons. The Hall–Kier alpha value is -1.60. The first-order valence-electron chi connectivity index (χ1n) is 5.82. The highest BCUT2D eigenvalue weighted by Crippen LogP contribution is 2.09. The van der Waals surface area contributed by atoms with Gasteiger partial charge in [0.15, 0.2) is 0 Å². The van der Waals surface area contributed by atoms with E-state index < -0.39 is 0 Å².